The highest BCUT2D eigenvalue weighted by Gasteiger charge is 2.21. The standard InChI is InChI=1S/C18H13N3O7/c1-27-18(24)11-4-2-10(3-5-11)13-8-6-12(28-13)7-9-14-19-16(22)15(21(25)26)17(23)20-14/h2-9H,1H3,(H2,19,20,22,23). The number of carbonyl (C=O) groups is 1. The number of hydrogen-bond acceptors (Lipinski definition) is 8. The molecule has 0 saturated heterocycles. The first kappa shape index (κ1) is 18.6. The van der Waals surface area contributed by atoms with Crippen molar-refractivity contribution in [1.29, 1.82) is 0 Å². The van der Waals surface area contributed by atoms with Crippen LogP contribution in [0.1, 0.15) is 21.9 Å². The topological polar surface area (TPSA) is 149 Å². The number of carbonyl (C=O) groups excluding carboxylic acids is 1. The van der Waals surface area contributed by atoms with Crippen LogP contribution in [-0.4, -0.2) is 33.1 Å². The highest BCUT2D eigenvalue weighted by Crippen LogP contribution is 2.24. The van der Waals surface area contributed by atoms with Crippen molar-refractivity contribution in [3.8, 4) is 17.2 Å². The van der Waals surface area contributed by atoms with Crippen molar-refractivity contribution < 1.29 is 24.0 Å². The molecule has 0 amide bonds. The van der Waals surface area contributed by atoms with Gasteiger partial charge in [0.1, 0.15) is 17.3 Å². The first-order valence-electron chi connectivity index (χ1n) is 7.83. The number of benzene rings is 1. The number of nitrogens with one attached hydrogen (secondary N) is 1. The summed E-state index contributed by atoms with van der Waals surface area (Å²) in [5.74, 6) is -0.549. The van der Waals surface area contributed by atoms with E-state index in [0.29, 0.717) is 17.1 Å². The van der Waals surface area contributed by atoms with Crippen molar-refractivity contribution in [3.05, 3.63) is 74.0 Å². The molecule has 0 aliphatic heterocycles. The Hall–Kier alpha value is -4.21. The van der Waals surface area contributed by atoms with Crippen LogP contribution in [0.2, 0.25) is 0 Å². The van der Waals surface area contributed by atoms with Gasteiger partial charge in [-0.15, -0.1) is 0 Å². The summed E-state index contributed by atoms with van der Waals surface area (Å²) in [6.07, 6.45) is 2.80. The third-order valence-corrected chi connectivity index (χ3v) is 3.70. The lowest BCUT2D eigenvalue weighted by Crippen LogP contribution is -2.14. The van der Waals surface area contributed by atoms with Crippen LogP contribution in [0, 0.1) is 10.1 Å². The minimum absolute atomic E-state index is 0.0755. The molecule has 0 aliphatic rings. The van der Waals surface area contributed by atoms with Crippen molar-refractivity contribution in [3.63, 3.8) is 0 Å². The fourth-order valence-electron chi connectivity index (χ4n) is 2.36. The number of aromatic hydroxyl groups is 1. The van der Waals surface area contributed by atoms with Crippen molar-refractivity contribution >= 4 is 23.8 Å². The summed E-state index contributed by atoms with van der Waals surface area (Å²) in [6.45, 7) is 0. The number of esters is 1. The second kappa shape index (κ2) is 7.58. The van der Waals surface area contributed by atoms with Crippen LogP contribution in [0.5, 0.6) is 5.88 Å². The monoisotopic (exact) mass is 383 g/mol. The highest BCUT2D eigenvalue weighted by molar-refractivity contribution is 5.89. The molecule has 0 fully saturated rings. The zero-order valence-corrected chi connectivity index (χ0v) is 14.4. The zero-order chi connectivity index (χ0) is 20.3. The van der Waals surface area contributed by atoms with Crippen molar-refractivity contribution in [2.75, 3.05) is 7.11 Å². The SMILES string of the molecule is COC(=O)c1ccc(-c2ccc(C=Cc3nc(O)c([N+](=O)[O-])c(=O)[nH]3)o2)cc1. The number of nitrogens with zero attached hydrogens (tertiary/aromatic N) is 2. The number of ether oxygens (including phenoxy) is 1. The van der Waals surface area contributed by atoms with Crippen LogP contribution in [-0.2, 0) is 4.74 Å². The van der Waals surface area contributed by atoms with Gasteiger partial charge in [0.2, 0.25) is 0 Å². The summed E-state index contributed by atoms with van der Waals surface area (Å²) in [5.41, 5.74) is -0.950. The normalized spacial score (nSPS) is 10.9. The minimum atomic E-state index is -1.07. The lowest BCUT2D eigenvalue weighted by atomic mass is 10.1. The van der Waals surface area contributed by atoms with E-state index in [4.69, 9.17) is 4.42 Å². The number of hydrogen-bond donors (Lipinski definition) is 2. The number of H-pyrrole nitrogens is 1. The van der Waals surface area contributed by atoms with E-state index in [9.17, 15) is 24.8 Å². The van der Waals surface area contributed by atoms with E-state index in [2.05, 4.69) is 14.7 Å². The Balaban J connectivity index is 1.80. The maximum atomic E-state index is 11.6. The van der Waals surface area contributed by atoms with Gasteiger partial charge in [-0.25, -0.2) is 4.79 Å². The van der Waals surface area contributed by atoms with Gasteiger partial charge in [-0.2, -0.15) is 4.98 Å². The number of nitro groups is 1. The molecule has 10 heteroatoms. The van der Waals surface area contributed by atoms with E-state index in [1.807, 2.05) is 0 Å². The van der Waals surface area contributed by atoms with Gasteiger partial charge in [-0.05, 0) is 36.4 Å². The molecule has 0 aliphatic carbocycles. The number of aromatic nitrogens is 2. The van der Waals surface area contributed by atoms with Crippen LogP contribution in [0.4, 0.5) is 5.69 Å². The Morgan fingerprint density at radius 2 is 1.96 bits per heavy atom. The third-order valence-electron chi connectivity index (χ3n) is 3.70. The first-order chi connectivity index (χ1) is 13.4. The maximum absolute atomic E-state index is 11.6. The molecule has 2 aromatic heterocycles. The molecule has 3 aromatic rings. The molecular formula is C18H13N3O7. The highest BCUT2D eigenvalue weighted by atomic mass is 16.6. The Bertz CT molecular complexity index is 1130. The Kier molecular flexibility index (Phi) is 5.03. The van der Waals surface area contributed by atoms with Gasteiger partial charge in [0.15, 0.2) is 0 Å². The molecule has 10 nitrogen and oxygen atoms in total. The summed E-state index contributed by atoms with van der Waals surface area (Å²) < 4.78 is 10.3. The average Bonchev–Trinajstić information content (AvgIpc) is 3.14. The van der Waals surface area contributed by atoms with Gasteiger partial charge in [0.05, 0.1) is 17.6 Å². The van der Waals surface area contributed by atoms with Gasteiger partial charge in [-0.1, -0.05) is 12.1 Å². The summed E-state index contributed by atoms with van der Waals surface area (Å²) in [5, 5.41) is 20.2. The van der Waals surface area contributed by atoms with Gasteiger partial charge in [-0.3, -0.25) is 14.9 Å². The van der Waals surface area contributed by atoms with Crippen LogP contribution in [0.15, 0.2) is 45.6 Å². The molecule has 2 N–H and O–H groups in total. The molecule has 2 heterocycles. The Morgan fingerprint density at radius 3 is 2.57 bits per heavy atom. The van der Waals surface area contributed by atoms with Crippen molar-refractivity contribution in [1.82, 2.24) is 9.97 Å². The number of aromatic amines is 1. The summed E-state index contributed by atoms with van der Waals surface area (Å²) in [6, 6.07) is 9.97. The van der Waals surface area contributed by atoms with E-state index < -0.39 is 28.0 Å². The first-order valence-corrected chi connectivity index (χ1v) is 7.83. The molecule has 1 aromatic carbocycles. The Morgan fingerprint density at radius 1 is 1.25 bits per heavy atom. The van der Waals surface area contributed by atoms with Gasteiger partial charge in [0, 0.05) is 5.56 Å². The summed E-state index contributed by atoms with van der Waals surface area (Å²) in [7, 11) is 1.30. The maximum Gasteiger partial charge on any atom is 0.395 e. The second-order valence-electron chi connectivity index (χ2n) is 5.48. The second-order valence-corrected chi connectivity index (χ2v) is 5.48. The largest absolute Gasteiger partial charge is 0.488 e. The quantitative estimate of drug-likeness (QED) is 0.388. The van der Waals surface area contributed by atoms with E-state index in [0.717, 1.165) is 5.56 Å². The molecule has 142 valence electrons. The molecule has 3 rings (SSSR count). The van der Waals surface area contributed by atoms with Crippen molar-refractivity contribution in [2.24, 2.45) is 0 Å². The molecule has 0 atom stereocenters. The van der Waals surface area contributed by atoms with Gasteiger partial charge < -0.3 is 19.2 Å². The fourth-order valence-corrected chi connectivity index (χ4v) is 2.36. The number of methoxy groups -OCH3 is 1. The third kappa shape index (κ3) is 3.80. The fraction of sp³-hybridized carbons (Fsp3) is 0.0556. The van der Waals surface area contributed by atoms with E-state index in [1.165, 1.54) is 19.3 Å². The molecule has 0 unspecified atom stereocenters. The molecular weight excluding hydrogens is 370 g/mol. The van der Waals surface area contributed by atoms with Crippen molar-refractivity contribution in [2.45, 2.75) is 0 Å². The van der Waals surface area contributed by atoms with E-state index in [1.54, 1.807) is 36.4 Å². The van der Waals surface area contributed by atoms with E-state index >= 15 is 0 Å². The van der Waals surface area contributed by atoms with Gasteiger partial charge >= 0.3 is 17.2 Å². The molecule has 0 saturated carbocycles. The summed E-state index contributed by atoms with van der Waals surface area (Å²) >= 11 is 0. The Labute approximate surface area is 156 Å². The predicted octanol–water partition coefficient (Wildman–Crippen LogP) is 2.60. The average molecular weight is 383 g/mol. The molecule has 0 radical (unpaired) electrons. The van der Waals surface area contributed by atoms with E-state index in [-0.39, 0.29) is 5.82 Å². The molecule has 0 spiro atoms. The smallest absolute Gasteiger partial charge is 0.395 e. The zero-order valence-electron chi connectivity index (χ0n) is 14.4. The lowest BCUT2D eigenvalue weighted by molar-refractivity contribution is -0.387. The van der Waals surface area contributed by atoms with Crippen LogP contribution in [0.25, 0.3) is 23.5 Å². The number of furan rings is 1. The predicted molar refractivity (Wildman–Crippen MR) is 97.6 cm³/mol. The summed E-state index contributed by atoms with van der Waals surface area (Å²) in [4.78, 5) is 38.5. The number of rotatable bonds is 5. The van der Waals surface area contributed by atoms with Crippen LogP contribution in [0.3, 0.4) is 0 Å². The van der Waals surface area contributed by atoms with Crippen LogP contribution >= 0.6 is 0 Å². The van der Waals surface area contributed by atoms with Crippen LogP contribution < -0.4 is 5.56 Å². The molecule has 28 heavy (non-hydrogen) atoms. The van der Waals surface area contributed by atoms with Gasteiger partial charge in [0.25, 0.3) is 5.88 Å². The lowest BCUT2D eigenvalue weighted by Gasteiger charge is -2.00. The minimum Gasteiger partial charge on any atom is -0.488 e. The molecule has 0 bridgehead atoms.